The van der Waals surface area contributed by atoms with Crippen molar-refractivity contribution in [2.24, 2.45) is 16.3 Å². The molecule has 0 atom stereocenters. The Morgan fingerprint density at radius 2 is 2.06 bits per heavy atom. The number of ether oxygens (including phenoxy) is 1. The minimum atomic E-state index is -0.890. The van der Waals surface area contributed by atoms with Gasteiger partial charge in [0, 0.05) is 19.7 Å². The number of carbonyl (C=O) groups is 1. The van der Waals surface area contributed by atoms with E-state index in [1.807, 2.05) is 13.8 Å². The van der Waals surface area contributed by atoms with Crippen molar-refractivity contribution < 1.29 is 14.7 Å². The lowest BCUT2D eigenvalue weighted by molar-refractivity contribution is -0.138. The molecule has 0 saturated carbocycles. The van der Waals surface area contributed by atoms with Gasteiger partial charge in [-0.3, -0.25) is 4.79 Å². The van der Waals surface area contributed by atoms with Gasteiger partial charge in [-0.2, -0.15) is 0 Å². The van der Waals surface area contributed by atoms with Crippen molar-refractivity contribution in [3.8, 4) is 0 Å². The summed E-state index contributed by atoms with van der Waals surface area (Å²) in [6, 6.07) is 0. The smallest absolute Gasteiger partial charge is 0.236 e. The van der Waals surface area contributed by atoms with Crippen LogP contribution in [0.1, 0.15) is 33.1 Å². The van der Waals surface area contributed by atoms with E-state index in [2.05, 4.69) is 5.16 Å². The van der Waals surface area contributed by atoms with Gasteiger partial charge in [0.1, 0.15) is 5.41 Å². The molecule has 6 nitrogen and oxygen atoms in total. The van der Waals surface area contributed by atoms with Crippen LogP contribution in [0.4, 0.5) is 0 Å². The van der Waals surface area contributed by atoms with Gasteiger partial charge in [0.25, 0.3) is 0 Å². The Labute approximate surface area is 108 Å². The summed E-state index contributed by atoms with van der Waals surface area (Å²) in [5.74, 6) is -0.0593. The number of amides is 1. The van der Waals surface area contributed by atoms with Crippen LogP contribution in [0, 0.1) is 5.41 Å². The fourth-order valence-electron chi connectivity index (χ4n) is 2.37. The van der Waals surface area contributed by atoms with E-state index in [9.17, 15) is 4.79 Å². The number of hydrogen-bond donors (Lipinski definition) is 2. The monoisotopic (exact) mass is 257 g/mol. The summed E-state index contributed by atoms with van der Waals surface area (Å²) >= 11 is 0. The van der Waals surface area contributed by atoms with Crippen molar-refractivity contribution in [3.05, 3.63) is 0 Å². The Morgan fingerprint density at radius 3 is 2.61 bits per heavy atom. The highest BCUT2D eigenvalue weighted by Crippen LogP contribution is 2.29. The molecular weight excluding hydrogens is 234 g/mol. The van der Waals surface area contributed by atoms with Crippen LogP contribution >= 0.6 is 0 Å². The van der Waals surface area contributed by atoms with Crippen molar-refractivity contribution in [3.63, 3.8) is 0 Å². The molecule has 1 saturated heterocycles. The summed E-state index contributed by atoms with van der Waals surface area (Å²) in [5.41, 5.74) is 4.85. The molecule has 0 unspecified atom stereocenters. The lowest BCUT2D eigenvalue weighted by Gasteiger charge is -2.34. The maximum atomic E-state index is 12.6. The first-order chi connectivity index (χ1) is 8.62. The van der Waals surface area contributed by atoms with Gasteiger partial charge >= 0.3 is 0 Å². The van der Waals surface area contributed by atoms with Gasteiger partial charge in [-0.15, -0.1) is 0 Å². The van der Waals surface area contributed by atoms with Crippen molar-refractivity contribution in [2.45, 2.75) is 33.1 Å². The first-order valence-corrected chi connectivity index (χ1v) is 6.47. The van der Waals surface area contributed by atoms with E-state index in [4.69, 9.17) is 15.7 Å². The molecule has 0 aliphatic carbocycles. The molecule has 0 radical (unpaired) electrons. The predicted octanol–water partition coefficient (Wildman–Crippen LogP) is 0.788. The molecule has 1 rings (SSSR count). The van der Waals surface area contributed by atoms with Crippen LogP contribution in [-0.2, 0) is 9.53 Å². The third-order valence-corrected chi connectivity index (χ3v) is 3.72. The Bertz CT molecular complexity index is 306. The van der Waals surface area contributed by atoms with Crippen LogP contribution in [0.5, 0.6) is 0 Å². The molecule has 6 heteroatoms. The van der Waals surface area contributed by atoms with Crippen LogP contribution in [0.2, 0.25) is 0 Å². The van der Waals surface area contributed by atoms with Crippen molar-refractivity contribution in [1.29, 1.82) is 0 Å². The van der Waals surface area contributed by atoms with Crippen LogP contribution in [0.15, 0.2) is 5.16 Å². The quantitative estimate of drug-likeness (QED) is 0.337. The van der Waals surface area contributed by atoms with E-state index in [-0.39, 0.29) is 11.7 Å². The third-order valence-electron chi connectivity index (χ3n) is 3.72. The molecule has 0 aromatic carbocycles. The van der Waals surface area contributed by atoms with Crippen LogP contribution in [0.25, 0.3) is 0 Å². The first kappa shape index (κ1) is 14.8. The van der Waals surface area contributed by atoms with Crippen LogP contribution in [0.3, 0.4) is 0 Å². The Kier molecular flexibility index (Phi) is 5.40. The summed E-state index contributed by atoms with van der Waals surface area (Å²) in [5, 5.41) is 12.0. The summed E-state index contributed by atoms with van der Waals surface area (Å²) < 4.78 is 5.34. The molecular formula is C12H23N3O3. The molecule has 0 aromatic heterocycles. The zero-order chi connectivity index (χ0) is 13.6. The van der Waals surface area contributed by atoms with Gasteiger partial charge in [0.2, 0.25) is 5.91 Å². The van der Waals surface area contributed by atoms with E-state index < -0.39 is 5.41 Å². The minimum Gasteiger partial charge on any atom is -0.409 e. The van der Waals surface area contributed by atoms with E-state index in [1.54, 1.807) is 4.90 Å². The summed E-state index contributed by atoms with van der Waals surface area (Å²) in [7, 11) is 0. The number of carbonyl (C=O) groups excluding carboxylic acids is 1. The molecule has 1 aliphatic rings. The molecule has 0 spiro atoms. The van der Waals surface area contributed by atoms with E-state index in [1.165, 1.54) is 0 Å². The maximum absolute atomic E-state index is 12.6. The molecule has 0 bridgehead atoms. The second kappa shape index (κ2) is 6.58. The molecule has 104 valence electrons. The number of nitrogens with two attached hydrogens (primary N) is 1. The SMILES string of the molecule is CCC(CC)(C(=O)N1CCCOCC1)C(N)=NO. The first-order valence-electron chi connectivity index (χ1n) is 6.47. The Morgan fingerprint density at radius 1 is 1.39 bits per heavy atom. The molecule has 1 heterocycles. The van der Waals surface area contributed by atoms with Crippen LogP contribution < -0.4 is 5.73 Å². The highest BCUT2D eigenvalue weighted by atomic mass is 16.5. The van der Waals surface area contributed by atoms with Crippen molar-refractivity contribution >= 4 is 11.7 Å². The number of oxime groups is 1. The topological polar surface area (TPSA) is 88.2 Å². The second-order valence-corrected chi connectivity index (χ2v) is 4.53. The second-order valence-electron chi connectivity index (χ2n) is 4.53. The largest absolute Gasteiger partial charge is 0.409 e. The lowest BCUT2D eigenvalue weighted by Crippen LogP contribution is -2.51. The Balaban J connectivity index is 2.94. The van der Waals surface area contributed by atoms with Gasteiger partial charge in [-0.1, -0.05) is 19.0 Å². The summed E-state index contributed by atoms with van der Waals surface area (Å²) in [4.78, 5) is 14.4. The molecule has 3 N–H and O–H groups in total. The summed E-state index contributed by atoms with van der Waals surface area (Å²) in [6.45, 7) is 6.23. The molecule has 1 amide bonds. The molecule has 0 aromatic rings. The number of nitrogens with zero attached hydrogens (tertiary/aromatic N) is 2. The van der Waals surface area contributed by atoms with Gasteiger partial charge < -0.3 is 20.6 Å². The standard InChI is InChI=1S/C12H23N3O3/c1-3-12(4-2,10(13)14-17)11(16)15-6-5-8-18-9-7-15/h17H,3-9H2,1-2H3,(H2,13,14). The minimum absolute atomic E-state index is 0.00247. The fourth-order valence-corrected chi connectivity index (χ4v) is 2.37. The average molecular weight is 257 g/mol. The normalized spacial score (nSPS) is 18.6. The number of rotatable bonds is 4. The van der Waals surface area contributed by atoms with Crippen LogP contribution in [-0.4, -0.2) is 48.2 Å². The zero-order valence-electron chi connectivity index (χ0n) is 11.2. The fraction of sp³-hybridized carbons (Fsp3) is 0.833. The Hall–Kier alpha value is -1.30. The molecule has 1 fully saturated rings. The zero-order valence-corrected chi connectivity index (χ0v) is 11.2. The number of amidine groups is 1. The van der Waals surface area contributed by atoms with Gasteiger partial charge in [-0.05, 0) is 19.3 Å². The van der Waals surface area contributed by atoms with Crippen molar-refractivity contribution in [2.75, 3.05) is 26.3 Å². The van der Waals surface area contributed by atoms with Gasteiger partial charge in [0.15, 0.2) is 5.84 Å². The lowest BCUT2D eigenvalue weighted by atomic mass is 9.79. The van der Waals surface area contributed by atoms with E-state index >= 15 is 0 Å². The third kappa shape index (κ3) is 2.75. The highest BCUT2D eigenvalue weighted by Gasteiger charge is 2.42. The molecule has 18 heavy (non-hydrogen) atoms. The predicted molar refractivity (Wildman–Crippen MR) is 68.4 cm³/mol. The van der Waals surface area contributed by atoms with E-state index in [0.717, 1.165) is 6.42 Å². The van der Waals surface area contributed by atoms with E-state index in [0.29, 0.717) is 39.1 Å². The van der Waals surface area contributed by atoms with Gasteiger partial charge in [-0.25, -0.2) is 0 Å². The summed E-state index contributed by atoms with van der Waals surface area (Å²) in [6.07, 6.45) is 1.87. The molecule has 1 aliphatic heterocycles. The van der Waals surface area contributed by atoms with Gasteiger partial charge in [0.05, 0.1) is 6.61 Å². The number of hydrogen-bond acceptors (Lipinski definition) is 4. The highest BCUT2D eigenvalue weighted by molar-refractivity contribution is 6.06. The maximum Gasteiger partial charge on any atom is 0.236 e. The van der Waals surface area contributed by atoms with Crippen molar-refractivity contribution in [1.82, 2.24) is 4.90 Å². The average Bonchev–Trinajstić information content (AvgIpc) is 2.69.